The van der Waals surface area contributed by atoms with Gasteiger partial charge in [0.15, 0.2) is 0 Å². The second-order valence-corrected chi connectivity index (χ2v) is 5.62. The Bertz CT molecular complexity index is 895. The van der Waals surface area contributed by atoms with Gasteiger partial charge in [-0.15, -0.1) is 0 Å². The summed E-state index contributed by atoms with van der Waals surface area (Å²) in [5.41, 5.74) is 3.05. The van der Waals surface area contributed by atoms with E-state index in [1.165, 1.54) is 17.7 Å². The van der Waals surface area contributed by atoms with Crippen molar-refractivity contribution in [3.63, 3.8) is 0 Å². The molecule has 0 aliphatic carbocycles. The van der Waals surface area contributed by atoms with E-state index in [-0.39, 0.29) is 18.0 Å². The molecule has 24 heavy (non-hydrogen) atoms. The van der Waals surface area contributed by atoms with Crippen LogP contribution in [0.3, 0.4) is 0 Å². The number of nitrogens with one attached hydrogen (secondary N) is 1. The van der Waals surface area contributed by atoms with Crippen LogP contribution in [0, 0.1) is 0 Å². The summed E-state index contributed by atoms with van der Waals surface area (Å²) in [7, 11) is 0. The van der Waals surface area contributed by atoms with E-state index in [1.807, 2.05) is 22.9 Å². The van der Waals surface area contributed by atoms with E-state index in [4.69, 9.17) is 5.11 Å². The van der Waals surface area contributed by atoms with Crippen molar-refractivity contribution < 1.29 is 14.7 Å². The van der Waals surface area contributed by atoms with E-state index in [1.54, 1.807) is 12.1 Å². The number of hydrogen-bond acceptors (Lipinski definition) is 2. The maximum atomic E-state index is 12.2. The SMILES string of the molecule is CCc1ccc2c(ccn2CC(=O)Nc2ccc(C(=O)O)cc2)c1. The van der Waals surface area contributed by atoms with Crippen LogP contribution in [0.25, 0.3) is 10.9 Å². The summed E-state index contributed by atoms with van der Waals surface area (Å²) in [5.74, 6) is -1.15. The van der Waals surface area contributed by atoms with Crippen molar-refractivity contribution in [2.45, 2.75) is 19.9 Å². The summed E-state index contributed by atoms with van der Waals surface area (Å²) >= 11 is 0. The molecule has 122 valence electrons. The number of benzene rings is 2. The zero-order valence-corrected chi connectivity index (χ0v) is 13.3. The normalized spacial score (nSPS) is 10.7. The van der Waals surface area contributed by atoms with Gasteiger partial charge in [-0.1, -0.05) is 13.0 Å². The first kappa shape index (κ1) is 15.8. The van der Waals surface area contributed by atoms with Crippen LogP contribution in [0.2, 0.25) is 0 Å². The molecule has 1 aromatic heterocycles. The summed E-state index contributed by atoms with van der Waals surface area (Å²) in [6, 6.07) is 14.3. The van der Waals surface area contributed by atoms with Crippen molar-refractivity contribution in [1.82, 2.24) is 4.57 Å². The summed E-state index contributed by atoms with van der Waals surface area (Å²) in [6.45, 7) is 2.32. The first-order chi connectivity index (χ1) is 11.6. The van der Waals surface area contributed by atoms with Gasteiger partial charge in [0.2, 0.25) is 5.91 Å². The molecule has 1 heterocycles. The largest absolute Gasteiger partial charge is 0.478 e. The fourth-order valence-electron chi connectivity index (χ4n) is 2.66. The Morgan fingerprint density at radius 1 is 1.08 bits per heavy atom. The summed E-state index contributed by atoms with van der Waals surface area (Å²) in [4.78, 5) is 23.0. The number of rotatable bonds is 5. The summed E-state index contributed by atoms with van der Waals surface area (Å²) in [6.07, 6.45) is 2.88. The van der Waals surface area contributed by atoms with E-state index in [9.17, 15) is 9.59 Å². The molecule has 0 fully saturated rings. The number of carbonyl (C=O) groups is 2. The topological polar surface area (TPSA) is 71.3 Å². The second-order valence-electron chi connectivity index (χ2n) is 5.62. The van der Waals surface area contributed by atoms with Crippen molar-refractivity contribution in [3.8, 4) is 0 Å². The number of aryl methyl sites for hydroxylation is 1. The van der Waals surface area contributed by atoms with Gasteiger partial charge in [-0.25, -0.2) is 4.79 Å². The number of carboxylic acid groups (broad SMARTS) is 1. The van der Waals surface area contributed by atoms with Crippen LogP contribution < -0.4 is 5.32 Å². The van der Waals surface area contributed by atoms with E-state index < -0.39 is 5.97 Å². The van der Waals surface area contributed by atoms with Gasteiger partial charge < -0.3 is 15.0 Å². The number of carboxylic acids is 1. The van der Waals surface area contributed by atoms with Crippen LogP contribution >= 0.6 is 0 Å². The molecule has 3 aromatic rings. The Morgan fingerprint density at radius 3 is 2.50 bits per heavy atom. The molecular weight excluding hydrogens is 304 g/mol. The minimum absolute atomic E-state index is 0.157. The molecule has 2 aromatic carbocycles. The lowest BCUT2D eigenvalue weighted by molar-refractivity contribution is -0.116. The molecule has 0 unspecified atom stereocenters. The fourth-order valence-corrected chi connectivity index (χ4v) is 2.66. The molecule has 0 bridgehead atoms. The Morgan fingerprint density at radius 2 is 1.83 bits per heavy atom. The van der Waals surface area contributed by atoms with E-state index >= 15 is 0 Å². The van der Waals surface area contributed by atoms with Crippen LogP contribution in [-0.4, -0.2) is 21.6 Å². The number of anilines is 1. The van der Waals surface area contributed by atoms with Crippen LogP contribution in [0.15, 0.2) is 54.7 Å². The molecule has 0 atom stereocenters. The number of aromatic nitrogens is 1. The third-order valence-corrected chi connectivity index (χ3v) is 3.97. The highest BCUT2D eigenvalue weighted by Crippen LogP contribution is 2.18. The Kier molecular flexibility index (Phi) is 4.33. The Hall–Kier alpha value is -3.08. The van der Waals surface area contributed by atoms with Gasteiger partial charge in [-0.3, -0.25) is 4.79 Å². The van der Waals surface area contributed by atoms with Crippen molar-refractivity contribution in [3.05, 3.63) is 65.9 Å². The number of nitrogens with zero attached hydrogens (tertiary/aromatic N) is 1. The second kappa shape index (κ2) is 6.58. The van der Waals surface area contributed by atoms with Crippen molar-refractivity contribution >= 4 is 28.5 Å². The molecule has 0 spiro atoms. The van der Waals surface area contributed by atoms with E-state index in [2.05, 4.69) is 24.4 Å². The monoisotopic (exact) mass is 322 g/mol. The van der Waals surface area contributed by atoms with Crippen molar-refractivity contribution in [2.75, 3.05) is 5.32 Å². The van der Waals surface area contributed by atoms with Gasteiger partial charge in [-0.2, -0.15) is 0 Å². The Labute approximate surface area is 139 Å². The summed E-state index contributed by atoms with van der Waals surface area (Å²) in [5, 5.41) is 12.8. The van der Waals surface area contributed by atoms with Gasteiger partial charge in [0.1, 0.15) is 6.54 Å². The molecule has 0 saturated carbocycles. The first-order valence-electron chi connectivity index (χ1n) is 7.78. The average molecular weight is 322 g/mol. The molecular formula is C19H18N2O3. The highest BCUT2D eigenvalue weighted by atomic mass is 16.4. The predicted octanol–water partition coefficient (Wildman–Crippen LogP) is 3.54. The van der Waals surface area contributed by atoms with Crippen LogP contribution in [0.4, 0.5) is 5.69 Å². The molecule has 2 N–H and O–H groups in total. The maximum Gasteiger partial charge on any atom is 0.335 e. The molecule has 0 radical (unpaired) electrons. The lowest BCUT2D eigenvalue weighted by Gasteiger charge is -2.08. The molecule has 5 heteroatoms. The third kappa shape index (κ3) is 3.30. The molecule has 0 aliphatic rings. The quantitative estimate of drug-likeness (QED) is 0.755. The van der Waals surface area contributed by atoms with Crippen LogP contribution in [0.1, 0.15) is 22.8 Å². The van der Waals surface area contributed by atoms with Gasteiger partial charge in [0.05, 0.1) is 5.56 Å². The lowest BCUT2D eigenvalue weighted by Crippen LogP contribution is -2.18. The third-order valence-electron chi connectivity index (χ3n) is 3.97. The minimum atomic E-state index is -0.988. The molecule has 0 saturated heterocycles. The standard InChI is InChI=1S/C19H18N2O3/c1-2-13-3-8-17-15(11-13)9-10-21(17)12-18(22)20-16-6-4-14(5-7-16)19(23)24/h3-11H,2,12H2,1H3,(H,20,22)(H,23,24). The number of amides is 1. The number of hydrogen-bond donors (Lipinski definition) is 2. The zero-order chi connectivity index (χ0) is 17.1. The predicted molar refractivity (Wildman–Crippen MR) is 93.3 cm³/mol. The average Bonchev–Trinajstić information content (AvgIpc) is 2.97. The highest BCUT2D eigenvalue weighted by molar-refractivity contribution is 5.93. The van der Waals surface area contributed by atoms with E-state index in [0.717, 1.165) is 17.3 Å². The van der Waals surface area contributed by atoms with Gasteiger partial charge >= 0.3 is 5.97 Å². The summed E-state index contributed by atoms with van der Waals surface area (Å²) < 4.78 is 1.90. The highest BCUT2D eigenvalue weighted by Gasteiger charge is 2.08. The van der Waals surface area contributed by atoms with E-state index in [0.29, 0.717) is 5.69 Å². The first-order valence-corrected chi connectivity index (χ1v) is 7.78. The number of fused-ring (bicyclic) bond motifs is 1. The van der Waals surface area contributed by atoms with Crippen LogP contribution in [0.5, 0.6) is 0 Å². The Balaban J connectivity index is 1.71. The van der Waals surface area contributed by atoms with Crippen molar-refractivity contribution in [2.24, 2.45) is 0 Å². The number of aromatic carboxylic acids is 1. The fraction of sp³-hybridized carbons (Fsp3) is 0.158. The zero-order valence-electron chi connectivity index (χ0n) is 13.3. The van der Waals surface area contributed by atoms with Gasteiger partial charge in [0.25, 0.3) is 0 Å². The number of carbonyl (C=O) groups excluding carboxylic acids is 1. The lowest BCUT2D eigenvalue weighted by atomic mass is 10.1. The van der Waals surface area contributed by atoms with Gasteiger partial charge in [0, 0.05) is 17.4 Å². The van der Waals surface area contributed by atoms with Crippen molar-refractivity contribution in [1.29, 1.82) is 0 Å². The smallest absolute Gasteiger partial charge is 0.335 e. The molecule has 3 rings (SSSR count). The maximum absolute atomic E-state index is 12.2. The molecule has 1 amide bonds. The van der Waals surface area contributed by atoms with Crippen LogP contribution in [-0.2, 0) is 17.8 Å². The molecule has 0 aliphatic heterocycles. The van der Waals surface area contributed by atoms with Gasteiger partial charge in [-0.05, 0) is 59.8 Å². The minimum Gasteiger partial charge on any atom is -0.478 e. The molecule has 5 nitrogen and oxygen atoms in total.